The minimum atomic E-state index is 0.226. The fraction of sp³-hybridized carbons (Fsp3) is 0.556. The van der Waals surface area contributed by atoms with Gasteiger partial charge in [-0.05, 0) is 76.4 Å². The number of nitrogens with zero attached hydrogens (tertiary/aromatic N) is 1. The number of fused-ring (bicyclic) bond motifs is 1. The molecular weight excluding hydrogens is 260 g/mol. The number of ether oxygens (including phenoxy) is 1. The van der Waals surface area contributed by atoms with Crippen molar-refractivity contribution in [2.24, 2.45) is 5.92 Å². The monoisotopic (exact) mass is 286 g/mol. The molecule has 1 aromatic carbocycles. The van der Waals surface area contributed by atoms with Gasteiger partial charge in [0.25, 0.3) is 0 Å². The molecule has 1 aliphatic heterocycles. The fourth-order valence-corrected chi connectivity index (χ4v) is 3.21. The molecule has 1 N–H and O–H groups in total. The molecule has 0 amide bonds. The lowest BCUT2D eigenvalue weighted by Crippen LogP contribution is -2.28. The topological polar surface area (TPSA) is 26.2 Å². The molecule has 1 fully saturated rings. The lowest BCUT2D eigenvalue weighted by Gasteiger charge is -2.22. The van der Waals surface area contributed by atoms with Crippen molar-refractivity contribution in [2.45, 2.75) is 45.8 Å². The van der Waals surface area contributed by atoms with Gasteiger partial charge in [-0.2, -0.15) is 0 Å². The molecule has 0 unspecified atom stereocenters. The van der Waals surface area contributed by atoms with Crippen molar-refractivity contribution >= 4 is 10.9 Å². The van der Waals surface area contributed by atoms with Gasteiger partial charge in [-0.15, -0.1) is 0 Å². The molecule has 3 nitrogen and oxygen atoms in total. The van der Waals surface area contributed by atoms with Crippen molar-refractivity contribution in [3.63, 3.8) is 0 Å². The molecular formula is C18H26N2O. The summed E-state index contributed by atoms with van der Waals surface area (Å²) in [6.07, 6.45) is 6.38. The zero-order valence-corrected chi connectivity index (χ0v) is 13.1. The standard InChI is InChI=1S/C18H26N2O/c1-14(2)21-17-3-4-18-16(13-17)8-12-20(18)11-7-15-5-9-19-10-6-15/h3-4,8,12-15,19H,5-7,9-11H2,1-2H3. The summed E-state index contributed by atoms with van der Waals surface area (Å²) in [5.74, 6) is 1.85. The first-order chi connectivity index (χ1) is 10.2. The van der Waals surface area contributed by atoms with E-state index in [0.29, 0.717) is 0 Å². The predicted octanol–water partition coefficient (Wildman–Crippen LogP) is 3.82. The molecule has 114 valence electrons. The highest BCUT2D eigenvalue weighted by Crippen LogP contribution is 2.24. The molecule has 3 heteroatoms. The highest BCUT2D eigenvalue weighted by molar-refractivity contribution is 5.81. The molecule has 0 spiro atoms. The average Bonchev–Trinajstić information content (AvgIpc) is 2.88. The number of rotatable bonds is 5. The molecule has 21 heavy (non-hydrogen) atoms. The lowest BCUT2D eigenvalue weighted by molar-refractivity contribution is 0.243. The van der Waals surface area contributed by atoms with Crippen LogP contribution in [0.5, 0.6) is 5.75 Å². The largest absolute Gasteiger partial charge is 0.491 e. The van der Waals surface area contributed by atoms with Crippen LogP contribution >= 0.6 is 0 Å². The third kappa shape index (κ3) is 3.59. The van der Waals surface area contributed by atoms with Gasteiger partial charge in [0.1, 0.15) is 5.75 Å². The van der Waals surface area contributed by atoms with E-state index in [1.807, 2.05) is 0 Å². The number of aromatic nitrogens is 1. The van der Waals surface area contributed by atoms with Crippen molar-refractivity contribution in [3.8, 4) is 5.75 Å². The number of piperidine rings is 1. The van der Waals surface area contributed by atoms with Crippen molar-refractivity contribution in [1.29, 1.82) is 0 Å². The van der Waals surface area contributed by atoms with Crippen molar-refractivity contribution in [3.05, 3.63) is 30.5 Å². The quantitative estimate of drug-likeness (QED) is 0.904. The second-order valence-electron chi connectivity index (χ2n) is 6.38. The second-order valence-corrected chi connectivity index (χ2v) is 6.38. The van der Waals surface area contributed by atoms with E-state index in [2.05, 4.69) is 54.2 Å². The summed E-state index contributed by atoms with van der Waals surface area (Å²) < 4.78 is 8.16. The van der Waals surface area contributed by atoms with Crippen molar-refractivity contribution in [2.75, 3.05) is 13.1 Å². The molecule has 1 aliphatic rings. The molecule has 0 bridgehead atoms. The summed E-state index contributed by atoms with van der Waals surface area (Å²) in [4.78, 5) is 0. The summed E-state index contributed by atoms with van der Waals surface area (Å²) in [6, 6.07) is 8.63. The highest BCUT2D eigenvalue weighted by atomic mass is 16.5. The van der Waals surface area contributed by atoms with Gasteiger partial charge in [-0.3, -0.25) is 0 Å². The predicted molar refractivity (Wildman–Crippen MR) is 87.9 cm³/mol. The van der Waals surface area contributed by atoms with Crippen LogP contribution in [0.4, 0.5) is 0 Å². The third-order valence-electron chi connectivity index (χ3n) is 4.35. The van der Waals surface area contributed by atoms with Crippen LogP contribution < -0.4 is 10.1 Å². The molecule has 0 aliphatic carbocycles. The smallest absolute Gasteiger partial charge is 0.120 e. The third-order valence-corrected chi connectivity index (χ3v) is 4.35. The van der Waals surface area contributed by atoms with Gasteiger partial charge in [-0.25, -0.2) is 0 Å². The number of nitrogens with one attached hydrogen (secondary N) is 1. The number of aryl methyl sites for hydroxylation is 1. The van der Waals surface area contributed by atoms with Gasteiger partial charge < -0.3 is 14.6 Å². The minimum Gasteiger partial charge on any atom is -0.491 e. The van der Waals surface area contributed by atoms with Crippen LogP contribution in [-0.2, 0) is 6.54 Å². The minimum absolute atomic E-state index is 0.226. The SMILES string of the molecule is CC(C)Oc1ccc2c(ccn2CCC2CCNCC2)c1. The Morgan fingerprint density at radius 3 is 2.81 bits per heavy atom. The summed E-state index contributed by atoms with van der Waals surface area (Å²) >= 11 is 0. The van der Waals surface area contributed by atoms with Crippen molar-refractivity contribution < 1.29 is 4.74 Å². The Bertz CT molecular complexity index is 582. The van der Waals surface area contributed by atoms with E-state index in [1.165, 1.54) is 43.3 Å². The fourth-order valence-electron chi connectivity index (χ4n) is 3.21. The normalized spacial score (nSPS) is 16.7. The Kier molecular flexibility index (Phi) is 4.49. The van der Waals surface area contributed by atoms with Gasteiger partial charge >= 0.3 is 0 Å². The van der Waals surface area contributed by atoms with Crippen LogP contribution in [0.15, 0.2) is 30.5 Å². The maximum Gasteiger partial charge on any atom is 0.120 e. The van der Waals surface area contributed by atoms with Gasteiger partial charge in [0.05, 0.1) is 6.10 Å². The van der Waals surface area contributed by atoms with E-state index >= 15 is 0 Å². The first-order valence-corrected chi connectivity index (χ1v) is 8.18. The van der Waals surface area contributed by atoms with Crippen molar-refractivity contribution in [1.82, 2.24) is 9.88 Å². The van der Waals surface area contributed by atoms with E-state index in [0.717, 1.165) is 18.2 Å². The summed E-state index contributed by atoms with van der Waals surface area (Å²) in [7, 11) is 0. The number of benzene rings is 1. The summed E-state index contributed by atoms with van der Waals surface area (Å²) in [6.45, 7) is 7.63. The van der Waals surface area contributed by atoms with E-state index in [4.69, 9.17) is 4.74 Å². The Balaban J connectivity index is 1.68. The van der Waals surface area contributed by atoms with E-state index in [9.17, 15) is 0 Å². The molecule has 0 radical (unpaired) electrons. The maximum atomic E-state index is 5.77. The van der Waals surface area contributed by atoms with E-state index < -0.39 is 0 Å². The zero-order valence-electron chi connectivity index (χ0n) is 13.1. The maximum absolute atomic E-state index is 5.77. The van der Waals surface area contributed by atoms with Crippen LogP contribution in [0.2, 0.25) is 0 Å². The second kappa shape index (κ2) is 6.52. The molecule has 0 atom stereocenters. The van der Waals surface area contributed by atoms with Gasteiger partial charge in [0, 0.05) is 23.6 Å². The zero-order chi connectivity index (χ0) is 14.7. The molecule has 2 aromatic rings. The summed E-state index contributed by atoms with van der Waals surface area (Å²) in [5.41, 5.74) is 1.32. The average molecular weight is 286 g/mol. The number of hydrogen-bond acceptors (Lipinski definition) is 2. The van der Waals surface area contributed by atoms with E-state index in [1.54, 1.807) is 0 Å². The molecule has 0 saturated carbocycles. The van der Waals surface area contributed by atoms with Crippen LogP contribution in [0, 0.1) is 5.92 Å². The van der Waals surface area contributed by atoms with Crippen LogP contribution in [0.25, 0.3) is 10.9 Å². The molecule has 1 aromatic heterocycles. The van der Waals surface area contributed by atoms with Crippen LogP contribution in [0.1, 0.15) is 33.1 Å². The van der Waals surface area contributed by atoms with E-state index in [-0.39, 0.29) is 6.10 Å². The molecule has 1 saturated heterocycles. The van der Waals surface area contributed by atoms with Crippen LogP contribution in [0.3, 0.4) is 0 Å². The first kappa shape index (κ1) is 14.5. The van der Waals surface area contributed by atoms with Gasteiger partial charge in [-0.1, -0.05) is 0 Å². The highest BCUT2D eigenvalue weighted by Gasteiger charge is 2.13. The Hall–Kier alpha value is -1.48. The summed E-state index contributed by atoms with van der Waals surface area (Å²) in [5, 5.41) is 4.71. The number of hydrogen-bond donors (Lipinski definition) is 1. The Morgan fingerprint density at radius 1 is 1.24 bits per heavy atom. The molecule has 2 heterocycles. The lowest BCUT2D eigenvalue weighted by atomic mass is 9.95. The first-order valence-electron chi connectivity index (χ1n) is 8.18. The Morgan fingerprint density at radius 2 is 2.05 bits per heavy atom. The van der Waals surface area contributed by atoms with Gasteiger partial charge in [0.15, 0.2) is 0 Å². The van der Waals surface area contributed by atoms with Gasteiger partial charge in [0.2, 0.25) is 0 Å². The Labute approximate surface area is 127 Å². The molecule has 3 rings (SSSR count). The van der Waals surface area contributed by atoms with Crippen LogP contribution in [-0.4, -0.2) is 23.8 Å².